The second kappa shape index (κ2) is 35.4. The maximum Gasteiger partial charge on any atom is 0.472 e. The maximum absolute atomic E-state index is 12.6. The van der Waals surface area contributed by atoms with Crippen LogP contribution in [0.2, 0.25) is 0 Å². The molecule has 57 heavy (non-hydrogen) atoms. The first-order chi connectivity index (χ1) is 27.6. The number of allylic oxidation sites excluding steroid dienone is 7. The number of carbonyl (C=O) groups excluding carboxylic acids is 2. The van der Waals surface area contributed by atoms with Gasteiger partial charge in [-0.1, -0.05) is 127 Å². The fraction of sp³-hybridized carbons (Fsp3) is 0.750. The number of phosphoric ester groups is 1. The third-order valence-corrected chi connectivity index (χ3v) is 10.4. The molecule has 3 unspecified atom stereocenters. The van der Waals surface area contributed by atoms with Crippen molar-refractivity contribution in [2.24, 2.45) is 5.73 Å². The fourth-order valence-electron chi connectivity index (χ4n) is 5.90. The van der Waals surface area contributed by atoms with Gasteiger partial charge in [-0.25, -0.2) is 4.57 Å². The van der Waals surface area contributed by atoms with Crippen LogP contribution in [0.1, 0.15) is 168 Å². The predicted octanol–water partition coefficient (Wildman–Crippen LogP) is 10.4. The van der Waals surface area contributed by atoms with Gasteiger partial charge in [0.05, 0.1) is 25.4 Å². The summed E-state index contributed by atoms with van der Waals surface area (Å²) in [4.78, 5) is 46.0. The molecule has 4 N–H and O–H groups in total. The monoisotopic (exact) mass is 826 g/mol. The highest BCUT2D eigenvalue weighted by Gasteiger charge is 2.36. The number of unbranched alkanes of at least 4 members (excludes halogenated alkanes) is 14. The Morgan fingerprint density at radius 1 is 0.649 bits per heavy atom. The second-order valence-electron chi connectivity index (χ2n) is 14.9. The molecule has 5 atom stereocenters. The first-order valence-electron chi connectivity index (χ1n) is 21.8. The van der Waals surface area contributed by atoms with Crippen molar-refractivity contribution in [2.45, 2.75) is 192 Å². The molecule has 1 aliphatic heterocycles. The minimum Gasteiger partial charge on any atom is -0.480 e. The molecule has 0 spiro atoms. The van der Waals surface area contributed by atoms with Gasteiger partial charge in [-0.15, -0.1) is 0 Å². The highest BCUT2D eigenvalue weighted by atomic mass is 31.2. The molecule has 0 aromatic heterocycles. The van der Waals surface area contributed by atoms with E-state index in [1.54, 1.807) is 0 Å². The Kier molecular flexibility index (Phi) is 32.5. The topological polar surface area (TPSA) is 184 Å². The highest BCUT2D eigenvalue weighted by Crippen LogP contribution is 2.43. The van der Waals surface area contributed by atoms with E-state index in [-0.39, 0.29) is 19.4 Å². The van der Waals surface area contributed by atoms with Crippen molar-refractivity contribution in [3.63, 3.8) is 0 Å². The Morgan fingerprint density at radius 3 is 1.77 bits per heavy atom. The molecule has 1 heterocycles. The van der Waals surface area contributed by atoms with E-state index in [1.807, 2.05) is 0 Å². The number of carboxylic acid groups (broad SMARTS) is 1. The van der Waals surface area contributed by atoms with Crippen LogP contribution in [-0.2, 0) is 42.2 Å². The number of hydrogen-bond acceptors (Lipinski definition) is 10. The summed E-state index contributed by atoms with van der Waals surface area (Å²) in [5.41, 5.74) is 5.33. The number of carbonyl (C=O) groups is 3. The van der Waals surface area contributed by atoms with Crippen LogP contribution in [0.5, 0.6) is 0 Å². The van der Waals surface area contributed by atoms with Crippen molar-refractivity contribution in [3.05, 3.63) is 48.6 Å². The highest BCUT2D eigenvalue weighted by molar-refractivity contribution is 7.47. The average Bonchev–Trinajstić information content (AvgIpc) is 3.94. The smallest absolute Gasteiger partial charge is 0.472 e. The SMILES string of the molecule is CCCCC/C=C\C/C=C\C/C=C\CCCCCCC(=O)O[C@H](COC(=O)CCCCCCCC1OC1C/C=C\CCCCC)COP(=O)(O)OC[C@H](N)C(=O)O. The minimum absolute atomic E-state index is 0.128. The van der Waals surface area contributed by atoms with Gasteiger partial charge >= 0.3 is 25.7 Å². The summed E-state index contributed by atoms with van der Waals surface area (Å²) in [7, 11) is -4.73. The number of aliphatic carboxylic acids is 1. The molecule has 1 aliphatic rings. The molecule has 13 heteroatoms. The van der Waals surface area contributed by atoms with Gasteiger partial charge in [-0.3, -0.25) is 23.4 Å². The molecule has 1 fully saturated rings. The van der Waals surface area contributed by atoms with Crippen LogP contribution < -0.4 is 5.73 Å². The lowest BCUT2D eigenvalue weighted by atomic mass is 10.1. The molecule has 0 aromatic rings. The van der Waals surface area contributed by atoms with Gasteiger partial charge < -0.3 is 29.9 Å². The van der Waals surface area contributed by atoms with Gasteiger partial charge in [-0.05, 0) is 77.0 Å². The standard InChI is InChI=1S/C44H76NO11P/c1-3-5-7-9-11-12-13-14-15-16-17-18-19-20-21-25-30-34-43(47)55-38(36-53-57(50,51)54-37-39(45)44(48)49)35-52-42(46)33-29-26-22-24-28-32-41-40(56-41)31-27-23-10-8-6-4-2/h11-12,14-15,17-18,23,27,38-41H,3-10,13,16,19-22,24-26,28-37,45H2,1-2H3,(H,48,49)(H,50,51)/b12-11-,15-14-,18-17-,27-23-/t38-,39+,40?,41?/m1/s1. The molecule has 0 aromatic carbocycles. The molecule has 0 amide bonds. The number of ether oxygens (including phenoxy) is 3. The zero-order valence-electron chi connectivity index (χ0n) is 35.1. The quantitative estimate of drug-likeness (QED) is 0.0175. The third kappa shape index (κ3) is 33.0. The third-order valence-electron chi connectivity index (χ3n) is 9.47. The molecule has 0 radical (unpaired) electrons. The lowest BCUT2D eigenvalue weighted by Gasteiger charge is -2.20. The first-order valence-corrected chi connectivity index (χ1v) is 23.3. The van der Waals surface area contributed by atoms with Gasteiger partial charge in [0.25, 0.3) is 0 Å². The van der Waals surface area contributed by atoms with Crippen molar-refractivity contribution in [2.75, 3.05) is 19.8 Å². The van der Waals surface area contributed by atoms with Crippen molar-refractivity contribution in [3.8, 4) is 0 Å². The minimum atomic E-state index is -4.73. The van der Waals surface area contributed by atoms with E-state index in [9.17, 15) is 23.8 Å². The molecule has 1 rings (SSSR count). The van der Waals surface area contributed by atoms with Crippen LogP contribution in [0.15, 0.2) is 48.6 Å². The lowest BCUT2D eigenvalue weighted by Crippen LogP contribution is -2.34. The average molecular weight is 826 g/mol. The van der Waals surface area contributed by atoms with E-state index < -0.39 is 51.1 Å². The Morgan fingerprint density at radius 2 is 1.16 bits per heavy atom. The number of rotatable bonds is 39. The zero-order chi connectivity index (χ0) is 41.8. The van der Waals surface area contributed by atoms with E-state index >= 15 is 0 Å². The first kappa shape index (κ1) is 52.4. The number of phosphoric acid groups is 1. The van der Waals surface area contributed by atoms with Crippen molar-refractivity contribution >= 4 is 25.7 Å². The van der Waals surface area contributed by atoms with E-state index in [0.29, 0.717) is 25.0 Å². The summed E-state index contributed by atoms with van der Waals surface area (Å²) in [5.74, 6) is -2.44. The summed E-state index contributed by atoms with van der Waals surface area (Å²) >= 11 is 0. The fourth-order valence-corrected chi connectivity index (χ4v) is 6.68. The van der Waals surface area contributed by atoms with Crippen LogP contribution in [0.4, 0.5) is 0 Å². The van der Waals surface area contributed by atoms with E-state index in [2.05, 4.69) is 67.0 Å². The lowest BCUT2D eigenvalue weighted by molar-refractivity contribution is -0.161. The summed E-state index contributed by atoms with van der Waals surface area (Å²) in [6.07, 6.45) is 40.5. The number of hydrogen-bond donors (Lipinski definition) is 3. The molecule has 328 valence electrons. The zero-order valence-corrected chi connectivity index (χ0v) is 36.0. The summed E-state index contributed by atoms with van der Waals surface area (Å²) in [6.45, 7) is 2.69. The van der Waals surface area contributed by atoms with E-state index in [0.717, 1.165) is 89.9 Å². The predicted molar refractivity (Wildman–Crippen MR) is 226 cm³/mol. The largest absolute Gasteiger partial charge is 0.480 e. The van der Waals surface area contributed by atoms with Crippen molar-refractivity contribution < 1.29 is 52.2 Å². The van der Waals surface area contributed by atoms with Crippen LogP contribution in [0.3, 0.4) is 0 Å². The molecule has 1 saturated heterocycles. The Labute approximate surface area is 343 Å². The summed E-state index contributed by atoms with van der Waals surface area (Å²) in [5, 5.41) is 8.89. The summed E-state index contributed by atoms with van der Waals surface area (Å²) < 4.78 is 38.5. The van der Waals surface area contributed by atoms with Crippen molar-refractivity contribution in [1.82, 2.24) is 0 Å². The van der Waals surface area contributed by atoms with Gasteiger partial charge in [0.15, 0.2) is 6.10 Å². The number of esters is 2. The summed E-state index contributed by atoms with van der Waals surface area (Å²) in [6, 6.07) is -1.53. The van der Waals surface area contributed by atoms with Gasteiger partial charge in [-0.2, -0.15) is 0 Å². The van der Waals surface area contributed by atoms with Crippen LogP contribution >= 0.6 is 7.82 Å². The molecular weight excluding hydrogens is 749 g/mol. The van der Waals surface area contributed by atoms with E-state index in [4.69, 9.17) is 29.6 Å². The van der Waals surface area contributed by atoms with Gasteiger partial charge in [0.1, 0.15) is 12.6 Å². The van der Waals surface area contributed by atoms with Gasteiger partial charge in [0, 0.05) is 12.8 Å². The second-order valence-corrected chi connectivity index (χ2v) is 16.3. The van der Waals surface area contributed by atoms with Gasteiger partial charge in [0.2, 0.25) is 0 Å². The van der Waals surface area contributed by atoms with Crippen molar-refractivity contribution in [1.29, 1.82) is 0 Å². The number of epoxide rings is 1. The van der Waals surface area contributed by atoms with Crippen LogP contribution in [-0.4, -0.2) is 72.1 Å². The maximum atomic E-state index is 12.6. The number of carboxylic acids is 1. The van der Waals surface area contributed by atoms with Crippen LogP contribution in [0.25, 0.3) is 0 Å². The van der Waals surface area contributed by atoms with E-state index in [1.165, 1.54) is 38.5 Å². The Bertz CT molecular complexity index is 1220. The van der Waals surface area contributed by atoms with Crippen LogP contribution in [0, 0.1) is 0 Å². The molecule has 12 nitrogen and oxygen atoms in total. The Balaban J connectivity index is 2.31. The molecular formula is C44H76NO11P. The Hall–Kier alpha value is -2.60. The number of nitrogens with two attached hydrogens (primary N) is 1. The molecule has 0 aliphatic carbocycles. The molecule has 0 bridgehead atoms. The normalized spacial score (nSPS) is 17.8. The molecule has 0 saturated carbocycles.